The van der Waals surface area contributed by atoms with Crippen LogP contribution in [0.1, 0.15) is 11.1 Å². The predicted molar refractivity (Wildman–Crippen MR) is 130 cm³/mol. The molecule has 33 heavy (non-hydrogen) atoms. The van der Waals surface area contributed by atoms with Crippen molar-refractivity contribution < 1.29 is 27.4 Å². The van der Waals surface area contributed by atoms with Crippen LogP contribution in [0.3, 0.4) is 0 Å². The van der Waals surface area contributed by atoms with Gasteiger partial charge in [-0.1, -0.05) is 36.0 Å². The van der Waals surface area contributed by atoms with Gasteiger partial charge in [-0.25, -0.2) is 0 Å². The maximum Gasteiger partial charge on any atom is 0.673 e. The van der Waals surface area contributed by atoms with Crippen molar-refractivity contribution in [1.82, 2.24) is 0 Å². The molecule has 0 aromatic heterocycles. The molecule has 3 nitrogen and oxygen atoms in total. The number of rotatable bonds is 3. The second-order valence-corrected chi connectivity index (χ2v) is 8.13. The fourth-order valence-electron chi connectivity index (χ4n) is 3.03. The van der Waals surface area contributed by atoms with Crippen LogP contribution < -0.4 is 15.9 Å². The van der Waals surface area contributed by atoms with Gasteiger partial charge in [0, 0.05) is 27.6 Å². The highest BCUT2D eigenvalue weighted by Gasteiger charge is 2.20. The standard InChI is InChI=1S/C24H20N2OS.BF4/c1-27-22-12-6-16(7-13-22)19-14-23(17-2-8-20(25)9-3-17)28-24(15-19)18-4-10-21(26)11-5-18;2-1(3,4)5/h2-15,25H,26H2,1H3;/q;-1/p+1. The van der Waals surface area contributed by atoms with E-state index in [4.69, 9.17) is 15.9 Å². The van der Waals surface area contributed by atoms with Gasteiger partial charge in [0.15, 0.2) is 5.71 Å². The number of thioether (sulfide) groups is 1. The number of ether oxygens (including phenoxy) is 1. The molecule has 0 fully saturated rings. The highest BCUT2D eigenvalue weighted by molar-refractivity contribution is 8.12. The minimum atomic E-state index is -6.00. The molecule has 9 heteroatoms. The lowest BCUT2D eigenvalue weighted by molar-refractivity contribution is -0.110. The van der Waals surface area contributed by atoms with Gasteiger partial charge in [0.2, 0.25) is 0 Å². The van der Waals surface area contributed by atoms with Gasteiger partial charge in [-0.3, -0.25) is 5.41 Å². The van der Waals surface area contributed by atoms with Crippen molar-refractivity contribution >= 4 is 40.9 Å². The highest BCUT2D eigenvalue weighted by Crippen LogP contribution is 2.44. The molecule has 4 rings (SSSR count). The molecule has 0 unspecified atom stereocenters. The maximum atomic E-state index is 9.75. The molecule has 1 heterocycles. The number of hydrogen-bond donors (Lipinski definition) is 2. The van der Waals surface area contributed by atoms with E-state index in [2.05, 4.69) is 48.6 Å². The minimum Gasteiger partial charge on any atom is -0.497 e. The summed E-state index contributed by atoms with van der Waals surface area (Å²) in [6, 6.07) is 16.1. The number of nitrogen functional groups attached to an aromatic ring is 1. The summed E-state index contributed by atoms with van der Waals surface area (Å²) < 4.78 is 44.3. The third-order valence-corrected chi connectivity index (χ3v) is 5.75. The summed E-state index contributed by atoms with van der Waals surface area (Å²) in [6.07, 6.45) is 12.4. The van der Waals surface area contributed by atoms with Gasteiger partial charge in [-0.15, -0.1) is 0 Å². The van der Waals surface area contributed by atoms with Crippen molar-refractivity contribution in [3.8, 4) is 5.75 Å². The Labute approximate surface area is 193 Å². The first-order chi connectivity index (χ1) is 15.6. The lowest BCUT2D eigenvalue weighted by atomic mass is 10.0. The van der Waals surface area contributed by atoms with Crippen molar-refractivity contribution in [1.29, 1.82) is 0 Å². The summed E-state index contributed by atoms with van der Waals surface area (Å²) in [7, 11) is -4.32. The number of methoxy groups -OCH3 is 1. The van der Waals surface area contributed by atoms with Gasteiger partial charge in [-0.05, 0) is 70.8 Å². The first-order valence-electron chi connectivity index (χ1n) is 9.84. The largest absolute Gasteiger partial charge is 0.673 e. The summed E-state index contributed by atoms with van der Waals surface area (Å²) in [5.41, 5.74) is 12.0. The molecular formula is C24H21BF4N2OS. The molecule has 2 aromatic rings. The molecule has 0 bridgehead atoms. The van der Waals surface area contributed by atoms with Crippen molar-refractivity contribution in [3.63, 3.8) is 0 Å². The van der Waals surface area contributed by atoms with Crippen LogP contribution in [0.4, 0.5) is 23.0 Å². The zero-order chi connectivity index (χ0) is 24.0. The second kappa shape index (κ2) is 10.4. The highest BCUT2D eigenvalue weighted by atomic mass is 32.2. The third kappa shape index (κ3) is 7.29. The number of nitrogens with two attached hydrogens (primary N) is 2. The van der Waals surface area contributed by atoms with Crippen molar-refractivity contribution in [2.75, 3.05) is 12.8 Å². The number of hydrogen-bond acceptors (Lipinski definition) is 3. The number of halogens is 4. The van der Waals surface area contributed by atoms with Crippen molar-refractivity contribution in [3.05, 3.63) is 107 Å². The van der Waals surface area contributed by atoms with E-state index in [0.29, 0.717) is 0 Å². The fourth-order valence-corrected chi connectivity index (χ4v) is 4.15. The van der Waals surface area contributed by atoms with Gasteiger partial charge in [-0.2, -0.15) is 0 Å². The third-order valence-electron chi connectivity index (χ3n) is 4.61. The molecule has 0 atom stereocenters. The Morgan fingerprint density at radius 2 is 1.36 bits per heavy atom. The zero-order valence-corrected chi connectivity index (χ0v) is 18.5. The SMILES string of the molecule is COc1ccc(C2=CC(=C3C=CC(=[NH2+])C=C3)SC(c3ccc(N)cc3)=C2)cc1.F[B-](F)(F)F. The molecule has 2 aliphatic rings. The van der Waals surface area contributed by atoms with Crippen LogP contribution in [-0.2, 0) is 0 Å². The first-order valence-corrected chi connectivity index (χ1v) is 10.7. The smallest absolute Gasteiger partial charge is 0.497 e. The van der Waals surface area contributed by atoms with Crippen LogP contribution in [0.25, 0.3) is 10.5 Å². The van der Waals surface area contributed by atoms with E-state index in [0.717, 1.165) is 39.4 Å². The molecule has 1 aliphatic carbocycles. The van der Waals surface area contributed by atoms with Gasteiger partial charge in [0.05, 0.1) is 7.11 Å². The van der Waals surface area contributed by atoms with Gasteiger partial charge in [0.1, 0.15) is 5.75 Å². The molecule has 0 radical (unpaired) electrons. The fraction of sp³-hybridized carbons (Fsp3) is 0.0417. The molecule has 0 saturated carbocycles. The zero-order valence-electron chi connectivity index (χ0n) is 17.6. The van der Waals surface area contributed by atoms with Crippen LogP contribution in [0, 0.1) is 0 Å². The molecule has 1 aliphatic heterocycles. The molecule has 0 amide bonds. The summed E-state index contributed by atoms with van der Waals surface area (Å²) >= 11 is 1.75. The summed E-state index contributed by atoms with van der Waals surface area (Å²) in [4.78, 5) is 2.36. The van der Waals surface area contributed by atoms with Crippen molar-refractivity contribution in [2.24, 2.45) is 0 Å². The summed E-state index contributed by atoms with van der Waals surface area (Å²) in [5.74, 6) is 0.847. The second-order valence-electron chi connectivity index (χ2n) is 7.04. The molecule has 170 valence electrons. The topological polar surface area (TPSA) is 60.8 Å². The average molecular weight is 472 g/mol. The van der Waals surface area contributed by atoms with Gasteiger partial charge >= 0.3 is 7.25 Å². The molecule has 0 spiro atoms. The number of anilines is 1. The first kappa shape index (κ1) is 24.2. The van der Waals surface area contributed by atoms with Crippen LogP contribution in [0.2, 0.25) is 0 Å². The predicted octanol–water partition coefficient (Wildman–Crippen LogP) is 5.33. The minimum absolute atomic E-state index is 0.763. The van der Waals surface area contributed by atoms with E-state index in [1.54, 1.807) is 18.9 Å². The van der Waals surface area contributed by atoms with E-state index in [1.807, 2.05) is 36.4 Å². The van der Waals surface area contributed by atoms with E-state index >= 15 is 0 Å². The van der Waals surface area contributed by atoms with Crippen LogP contribution in [-0.4, -0.2) is 20.1 Å². The average Bonchev–Trinajstić information content (AvgIpc) is 2.79. The monoisotopic (exact) mass is 472 g/mol. The van der Waals surface area contributed by atoms with Gasteiger partial charge in [0.25, 0.3) is 0 Å². The van der Waals surface area contributed by atoms with E-state index in [9.17, 15) is 17.3 Å². The Morgan fingerprint density at radius 1 is 0.818 bits per heavy atom. The van der Waals surface area contributed by atoms with E-state index < -0.39 is 7.25 Å². The van der Waals surface area contributed by atoms with Crippen LogP contribution in [0.15, 0.2) is 95.5 Å². The van der Waals surface area contributed by atoms with Gasteiger partial charge < -0.3 is 27.7 Å². The van der Waals surface area contributed by atoms with E-state index in [1.165, 1.54) is 9.81 Å². The molecular weight excluding hydrogens is 451 g/mol. The summed E-state index contributed by atoms with van der Waals surface area (Å²) in [6.45, 7) is 0. The molecule has 2 aromatic carbocycles. The van der Waals surface area contributed by atoms with Crippen LogP contribution in [0.5, 0.6) is 5.75 Å². The molecule has 4 N–H and O–H groups in total. The number of benzene rings is 2. The lowest BCUT2D eigenvalue weighted by Gasteiger charge is -2.19. The Bertz CT molecular complexity index is 1150. The molecule has 0 saturated heterocycles. The van der Waals surface area contributed by atoms with Crippen molar-refractivity contribution in [2.45, 2.75) is 0 Å². The number of allylic oxidation sites excluding steroid dienone is 8. The maximum absolute atomic E-state index is 9.75. The summed E-state index contributed by atoms with van der Waals surface area (Å²) in [5, 5.41) is 5.87. The van der Waals surface area contributed by atoms with E-state index in [-0.39, 0.29) is 0 Å². The lowest BCUT2D eigenvalue weighted by Crippen LogP contribution is -2.37. The quantitative estimate of drug-likeness (QED) is 0.361. The Kier molecular flexibility index (Phi) is 7.65. The Balaban J connectivity index is 0.000000555. The Hall–Kier alpha value is -3.46. The van der Waals surface area contributed by atoms with Crippen LogP contribution >= 0.6 is 11.8 Å². The Morgan fingerprint density at radius 3 is 1.91 bits per heavy atom. The normalized spacial score (nSPS) is 15.5.